The summed E-state index contributed by atoms with van der Waals surface area (Å²) in [5, 5.41) is 4.94. The molecule has 2 atom stereocenters. The summed E-state index contributed by atoms with van der Waals surface area (Å²) in [4.78, 5) is 0. The number of halogens is 2. The molecule has 0 spiro atoms. The van der Waals surface area contributed by atoms with E-state index in [4.69, 9.17) is 17.0 Å². The van der Waals surface area contributed by atoms with Crippen LogP contribution in [0.2, 0.25) is 0 Å². The lowest BCUT2D eigenvalue weighted by molar-refractivity contribution is 0.0202. The minimum Gasteiger partial charge on any atom is -0.377 e. The Morgan fingerprint density at radius 3 is 3.12 bits per heavy atom. The lowest BCUT2D eigenvalue weighted by Gasteiger charge is -2.39. The van der Waals surface area contributed by atoms with Gasteiger partial charge in [-0.2, -0.15) is 0 Å². The number of nitrogens with one attached hydrogen (secondary N) is 1. The molecule has 0 aliphatic carbocycles. The van der Waals surface area contributed by atoms with Crippen LogP contribution in [-0.2, 0) is 10.3 Å². The van der Waals surface area contributed by atoms with E-state index in [2.05, 4.69) is 21.2 Å². The highest BCUT2D eigenvalue weighted by Crippen LogP contribution is 2.29. The molecule has 17 heavy (non-hydrogen) atoms. The van der Waals surface area contributed by atoms with E-state index in [1.165, 1.54) is 6.07 Å². The van der Waals surface area contributed by atoms with Crippen molar-refractivity contribution in [2.45, 2.75) is 18.5 Å². The summed E-state index contributed by atoms with van der Waals surface area (Å²) in [5.41, 5.74) is 0.0416. The van der Waals surface area contributed by atoms with E-state index in [-0.39, 0.29) is 11.9 Å². The van der Waals surface area contributed by atoms with E-state index < -0.39 is 5.54 Å². The lowest BCUT2D eigenvalue weighted by atomic mass is 9.90. The molecule has 1 saturated heterocycles. The van der Waals surface area contributed by atoms with Gasteiger partial charge in [-0.15, -0.1) is 0 Å². The average Bonchev–Trinajstić information content (AvgIpc) is 2.32. The number of hydrogen-bond donors (Lipinski definition) is 1. The molecule has 5 heteroatoms. The van der Waals surface area contributed by atoms with Crippen LogP contribution < -0.4 is 5.32 Å². The van der Waals surface area contributed by atoms with Gasteiger partial charge < -0.3 is 4.74 Å². The molecule has 1 aliphatic rings. The third-order valence-electron chi connectivity index (χ3n) is 2.88. The van der Waals surface area contributed by atoms with Gasteiger partial charge in [0.05, 0.1) is 24.8 Å². The van der Waals surface area contributed by atoms with Crippen molar-refractivity contribution in [3.63, 3.8) is 0 Å². The van der Waals surface area contributed by atoms with Gasteiger partial charge in [0.25, 0.3) is 0 Å². The Hall–Kier alpha value is -0.360. The van der Waals surface area contributed by atoms with E-state index in [1.807, 2.05) is 6.92 Å². The zero-order valence-corrected chi connectivity index (χ0v) is 11.8. The van der Waals surface area contributed by atoms with Gasteiger partial charge in [0, 0.05) is 10.0 Å². The Bertz CT molecular complexity index is 443. The molecule has 0 bridgehead atoms. The first-order valence-electron chi connectivity index (χ1n) is 5.31. The van der Waals surface area contributed by atoms with Gasteiger partial charge >= 0.3 is 0 Å². The molecule has 1 aromatic carbocycles. The second-order valence-corrected chi connectivity index (χ2v) is 5.55. The average molecular weight is 318 g/mol. The smallest absolute Gasteiger partial charge is 0.128 e. The van der Waals surface area contributed by atoms with Crippen LogP contribution in [0.15, 0.2) is 22.7 Å². The molecule has 1 heterocycles. The molecule has 2 nitrogen and oxygen atoms in total. The van der Waals surface area contributed by atoms with E-state index in [9.17, 15) is 4.39 Å². The van der Waals surface area contributed by atoms with Crippen molar-refractivity contribution in [2.75, 3.05) is 13.2 Å². The van der Waals surface area contributed by atoms with Crippen molar-refractivity contribution in [1.82, 2.24) is 5.32 Å². The van der Waals surface area contributed by atoms with Crippen LogP contribution in [-0.4, -0.2) is 24.6 Å². The van der Waals surface area contributed by atoms with Gasteiger partial charge in [-0.1, -0.05) is 28.1 Å². The Morgan fingerprint density at radius 2 is 2.41 bits per heavy atom. The van der Waals surface area contributed by atoms with Crippen molar-refractivity contribution in [3.8, 4) is 0 Å². The Kier molecular flexibility index (Phi) is 3.92. The summed E-state index contributed by atoms with van der Waals surface area (Å²) in [6.07, 6.45) is 0. The molecule has 0 aromatic heterocycles. The molecule has 0 amide bonds. The quantitative estimate of drug-likeness (QED) is 0.848. The highest BCUT2D eigenvalue weighted by molar-refractivity contribution is 9.10. The summed E-state index contributed by atoms with van der Waals surface area (Å²) in [6, 6.07) is 4.88. The maximum Gasteiger partial charge on any atom is 0.128 e. The van der Waals surface area contributed by atoms with Gasteiger partial charge in [0.15, 0.2) is 0 Å². The second kappa shape index (κ2) is 5.10. The van der Waals surface area contributed by atoms with Crippen molar-refractivity contribution in [3.05, 3.63) is 34.1 Å². The number of ether oxygens (including phenoxy) is 1. The van der Waals surface area contributed by atoms with E-state index in [0.29, 0.717) is 18.8 Å². The fraction of sp³-hybridized carbons (Fsp3) is 0.417. The maximum absolute atomic E-state index is 13.9. The first-order valence-corrected chi connectivity index (χ1v) is 6.58. The third kappa shape index (κ3) is 2.73. The molecule has 0 saturated carbocycles. The number of morpholine rings is 1. The molecule has 1 fully saturated rings. The van der Waals surface area contributed by atoms with E-state index >= 15 is 0 Å². The zero-order valence-electron chi connectivity index (χ0n) is 9.37. The largest absolute Gasteiger partial charge is 0.377 e. The minimum absolute atomic E-state index is 0.0258. The van der Waals surface area contributed by atoms with Gasteiger partial charge in [-0.05, 0) is 30.5 Å². The molecule has 1 N–H and O–H groups in total. The fourth-order valence-electron chi connectivity index (χ4n) is 2.03. The van der Waals surface area contributed by atoms with E-state index in [1.54, 1.807) is 17.5 Å². The lowest BCUT2D eigenvalue weighted by Crippen LogP contribution is -2.56. The molecular formula is C12H13BrFNOS. The van der Waals surface area contributed by atoms with Crippen LogP contribution in [0.4, 0.5) is 4.39 Å². The number of thiocarbonyl (C=S) groups is 1. The maximum atomic E-state index is 13.9. The number of benzene rings is 1. The van der Waals surface area contributed by atoms with Crippen LogP contribution in [0, 0.1) is 5.82 Å². The van der Waals surface area contributed by atoms with Crippen LogP contribution in [0.25, 0.3) is 0 Å². The van der Waals surface area contributed by atoms with Crippen LogP contribution in [0.1, 0.15) is 12.5 Å². The van der Waals surface area contributed by atoms with Crippen LogP contribution in [0.5, 0.6) is 0 Å². The van der Waals surface area contributed by atoms with Gasteiger partial charge in [0.2, 0.25) is 0 Å². The highest BCUT2D eigenvalue weighted by atomic mass is 79.9. The number of hydrogen-bond acceptors (Lipinski definition) is 3. The third-order valence-corrected chi connectivity index (χ3v) is 3.70. The van der Waals surface area contributed by atoms with Crippen molar-refractivity contribution in [2.24, 2.45) is 0 Å². The monoisotopic (exact) mass is 317 g/mol. The molecule has 2 unspecified atom stereocenters. The van der Waals surface area contributed by atoms with Gasteiger partial charge in [0.1, 0.15) is 5.82 Å². The first kappa shape index (κ1) is 13.1. The zero-order chi connectivity index (χ0) is 12.5. The van der Waals surface area contributed by atoms with Crippen LogP contribution >= 0.6 is 28.1 Å². The topological polar surface area (TPSA) is 21.3 Å². The van der Waals surface area contributed by atoms with Gasteiger partial charge in [-0.3, -0.25) is 5.32 Å². The summed E-state index contributed by atoms with van der Waals surface area (Å²) >= 11 is 8.27. The molecule has 92 valence electrons. The molecule has 0 radical (unpaired) electrons. The fourth-order valence-corrected chi connectivity index (χ4v) is 2.54. The molecule has 1 aromatic rings. The first-order chi connectivity index (χ1) is 8.05. The standard InChI is InChI=1S/C12H13BrFNOS/c1-12(7-16-5-9(6-17)15-12)10-4-8(13)2-3-11(10)14/h2-4,6,9,15H,5,7H2,1H3. The Morgan fingerprint density at radius 1 is 1.65 bits per heavy atom. The molecule has 1 aliphatic heterocycles. The Labute approximate surface area is 114 Å². The molecular weight excluding hydrogens is 305 g/mol. The molecule has 2 rings (SSSR count). The van der Waals surface area contributed by atoms with Crippen molar-refractivity contribution >= 4 is 33.5 Å². The summed E-state index contributed by atoms with van der Waals surface area (Å²) in [5.74, 6) is -0.239. The normalized spacial score (nSPS) is 29.0. The van der Waals surface area contributed by atoms with Gasteiger partial charge in [-0.25, -0.2) is 4.39 Å². The SMILES string of the molecule is CC1(c2cc(Br)ccc2F)COCC(C=S)N1. The predicted molar refractivity (Wildman–Crippen MR) is 72.8 cm³/mol. The van der Waals surface area contributed by atoms with Crippen molar-refractivity contribution in [1.29, 1.82) is 0 Å². The second-order valence-electron chi connectivity index (χ2n) is 4.36. The highest BCUT2D eigenvalue weighted by Gasteiger charge is 2.35. The summed E-state index contributed by atoms with van der Waals surface area (Å²) in [6.45, 7) is 2.89. The van der Waals surface area contributed by atoms with Crippen LogP contribution in [0.3, 0.4) is 0 Å². The van der Waals surface area contributed by atoms with Crippen molar-refractivity contribution < 1.29 is 9.13 Å². The summed E-state index contributed by atoms with van der Waals surface area (Å²) in [7, 11) is 0. The van der Waals surface area contributed by atoms with E-state index in [0.717, 1.165) is 4.47 Å². The minimum atomic E-state index is -0.550. The number of rotatable bonds is 2. The Balaban J connectivity index is 2.36. The summed E-state index contributed by atoms with van der Waals surface area (Å²) < 4.78 is 20.2. The predicted octanol–water partition coefficient (Wildman–Crippen LogP) is 2.79.